The summed E-state index contributed by atoms with van der Waals surface area (Å²) in [5.41, 5.74) is 3.60. The molecule has 156 valence electrons. The molecule has 2 aromatic heterocycles. The van der Waals surface area contributed by atoms with Crippen molar-refractivity contribution in [2.75, 3.05) is 6.54 Å². The van der Waals surface area contributed by atoms with E-state index < -0.39 is 11.9 Å². The van der Waals surface area contributed by atoms with Gasteiger partial charge in [-0.3, -0.25) is 4.79 Å². The molecule has 1 amide bonds. The molecular formula is C20H16F4N4O2. The minimum atomic E-state index is -4.64. The third-order valence-corrected chi connectivity index (χ3v) is 4.15. The van der Waals surface area contributed by atoms with Crippen molar-refractivity contribution < 1.29 is 27.5 Å². The van der Waals surface area contributed by atoms with Crippen molar-refractivity contribution in [1.29, 1.82) is 0 Å². The fraction of sp³-hybridized carbons (Fsp3) is 0.150. The number of benzene rings is 1. The number of aromatic nitrogens is 3. The number of aromatic amines is 1. The Bertz CT molecular complexity index is 1090. The summed E-state index contributed by atoms with van der Waals surface area (Å²) in [5, 5.41) is 10.4. The number of hydrogen-bond donors (Lipinski definition) is 3. The van der Waals surface area contributed by atoms with Gasteiger partial charge in [0.05, 0.1) is 17.0 Å². The van der Waals surface area contributed by atoms with Gasteiger partial charge >= 0.3 is 6.18 Å². The van der Waals surface area contributed by atoms with E-state index in [9.17, 15) is 22.4 Å². The highest BCUT2D eigenvalue weighted by atomic mass is 19.4. The van der Waals surface area contributed by atoms with E-state index in [0.29, 0.717) is 29.2 Å². The second-order valence-corrected chi connectivity index (χ2v) is 6.30. The summed E-state index contributed by atoms with van der Waals surface area (Å²) >= 11 is 0. The maximum absolute atomic E-state index is 13.4. The van der Waals surface area contributed by atoms with Gasteiger partial charge < -0.3 is 15.4 Å². The monoisotopic (exact) mass is 420 g/mol. The zero-order valence-electron chi connectivity index (χ0n) is 15.4. The van der Waals surface area contributed by atoms with Gasteiger partial charge in [-0.05, 0) is 24.3 Å². The maximum Gasteiger partial charge on any atom is 0.448 e. The van der Waals surface area contributed by atoms with Crippen LogP contribution in [0, 0.1) is 5.82 Å². The molecule has 1 aromatic carbocycles. The molecule has 0 aliphatic carbocycles. The standard InChI is InChI=1S/C17H13FN4O.C3H3F3O/c18-11-3-1-2-10(8-11)16-19-6-5-14(22-16)15-9-12-13(21-15)4-7-20-17(12)23;1-2(7)3(4,5)6/h1-3,5-6,8-9,21H,4,7H2,(H,20,23);7H,1H2. The molecule has 10 heteroatoms. The topological polar surface area (TPSA) is 90.9 Å². The summed E-state index contributed by atoms with van der Waals surface area (Å²) in [6.45, 7) is 2.89. The zero-order chi connectivity index (χ0) is 21.9. The van der Waals surface area contributed by atoms with Crippen molar-refractivity contribution in [3.63, 3.8) is 0 Å². The van der Waals surface area contributed by atoms with Crippen molar-refractivity contribution in [1.82, 2.24) is 20.3 Å². The van der Waals surface area contributed by atoms with Crippen molar-refractivity contribution in [2.24, 2.45) is 0 Å². The third kappa shape index (κ3) is 4.83. The Morgan fingerprint density at radius 2 is 1.93 bits per heavy atom. The molecule has 3 N–H and O–H groups in total. The number of hydrogen-bond acceptors (Lipinski definition) is 4. The van der Waals surface area contributed by atoms with Crippen LogP contribution in [0.15, 0.2) is 54.9 Å². The van der Waals surface area contributed by atoms with Gasteiger partial charge in [0.1, 0.15) is 5.82 Å². The van der Waals surface area contributed by atoms with Crippen LogP contribution in [-0.4, -0.2) is 38.7 Å². The van der Waals surface area contributed by atoms with Crippen molar-refractivity contribution in [3.05, 3.63) is 72.0 Å². The van der Waals surface area contributed by atoms with Gasteiger partial charge in [0.15, 0.2) is 11.6 Å². The first kappa shape index (κ1) is 21.0. The van der Waals surface area contributed by atoms with E-state index in [2.05, 4.69) is 26.8 Å². The number of aliphatic hydroxyl groups is 1. The van der Waals surface area contributed by atoms with E-state index in [0.717, 1.165) is 17.8 Å². The average Bonchev–Trinajstić information content (AvgIpc) is 3.14. The van der Waals surface area contributed by atoms with Gasteiger partial charge in [-0.2, -0.15) is 13.2 Å². The fourth-order valence-electron chi connectivity index (χ4n) is 2.71. The number of nitrogens with zero attached hydrogens (tertiary/aromatic N) is 2. The lowest BCUT2D eigenvalue weighted by Gasteiger charge is -2.10. The molecule has 1 aliphatic rings. The van der Waals surface area contributed by atoms with Crippen LogP contribution in [-0.2, 0) is 6.42 Å². The average molecular weight is 420 g/mol. The van der Waals surface area contributed by atoms with Crippen LogP contribution in [0.1, 0.15) is 16.1 Å². The van der Waals surface area contributed by atoms with Crippen LogP contribution in [0.2, 0.25) is 0 Å². The van der Waals surface area contributed by atoms with Crippen molar-refractivity contribution >= 4 is 5.91 Å². The van der Waals surface area contributed by atoms with Crippen LogP contribution in [0.4, 0.5) is 17.6 Å². The molecule has 0 saturated carbocycles. The van der Waals surface area contributed by atoms with E-state index in [-0.39, 0.29) is 11.7 Å². The molecule has 1 aliphatic heterocycles. The number of carbonyl (C=O) groups is 1. The largest absolute Gasteiger partial charge is 0.505 e. The molecule has 0 unspecified atom stereocenters. The second kappa shape index (κ2) is 8.36. The number of halogens is 4. The van der Waals surface area contributed by atoms with E-state index in [1.165, 1.54) is 12.1 Å². The summed E-state index contributed by atoms with van der Waals surface area (Å²) in [4.78, 5) is 23.8. The highest BCUT2D eigenvalue weighted by molar-refractivity contribution is 5.97. The van der Waals surface area contributed by atoms with Crippen LogP contribution in [0.25, 0.3) is 22.8 Å². The third-order valence-electron chi connectivity index (χ3n) is 4.15. The molecule has 4 rings (SSSR count). The Morgan fingerprint density at radius 3 is 2.57 bits per heavy atom. The van der Waals surface area contributed by atoms with Crippen LogP contribution >= 0.6 is 0 Å². The predicted octanol–water partition coefficient (Wildman–Crippen LogP) is 4.18. The maximum atomic E-state index is 13.4. The lowest BCUT2D eigenvalue weighted by atomic mass is 10.1. The fourth-order valence-corrected chi connectivity index (χ4v) is 2.71. The van der Waals surface area contributed by atoms with Gasteiger partial charge in [0.2, 0.25) is 0 Å². The molecule has 0 fully saturated rings. The van der Waals surface area contributed by atoms with Gasteiger partial charge in [-0.15, -0.1) is 0 Å². The number of aliphatic hydroxyl groups excluding tert-OH is 1. The molecule has 6 nitrogen and oxygen atoms in total. The highest BCUT2D eigenvalue weighted by Gasteiger charge is 2.31. The minimum Gasteiger partial charge on any atom is -0.505 e. The zero-order valence-corrected chi connectivity index (χ0v) is 15.4. The molecule has 0 radical (unpaired) electrons. The first-order valence-corrected chi connectivity index (χ1v) is 8.69. The summed E-state index contributed by atoms with van der Waals surface area (Å²) in [6.07, 6.45) is -2.24. The van der Waals surface area contributed by atoms with Gasteiger partial charge in [0, 0.05) is 30.4 Å². The molecule has 0 bridgehead atoms. The van der Waals surface area contributed by atoms with Crippen molar-refractivity contribution in [2.45, 2.75) is 12.6 Å². The Hall–Kier alpha value is -3.69. The van der Waals surface area contributed by atoms with Crippen LogP contribution in [0.5, 0.6) is 0 Å². The molecule has 3 aromatic rings. The quantitative estimate of drug-likeness (QED) is 0.428. The first-order valence-electron chi connectivity index (χ1n) is 8.69. The summed E-state index contributed by atoms with van der Waals surface area (Å²) in [6, 6.07) is 9.71. The van der Waals surface area contributed by atoms with E-state index in [4.69, 9.17) is 5.11 Å². The summed E-state index contributed by atoms with van der Waals surface area (Å²) in [5.74, 6) is -1.72. The first-order chi connectivity index (χ1) is 14.1. The van der Waals surface area contributed by atoms with Gasteiger partial charge in [-0.25, -0.2) is 14.4 Å². The highest BCUT2D eigenvalue weighted by Crippen LogP contribution is 2.24. The molecular weight excluding hydrogens is 404 g/mol. The number of alkyl halides is 3. The molecule has 3 heterocycles. The number of H-pyrrole nitrogens is 1. The van der Waals surface area contributed by atoms with Gasteiger partial charge in [-0.1, -0.05) is 18.7 Å². The number of rotatable bonds is 2. The SMILES string of the molecule is C=C(O)C(F)(F)F.O=C1NCCc2[nH]c(-c3ccnc(-c4cccc(F)c4)n3)cc21. The van der Waals surface area contributed by atoms with Crippen molar-refractivity contribution in [3.8, 4) is 22.8 Å². The minimum absolute atomic E-state index is 0.0758. The number of nitrogens with one attached hydrogen (secondary N) is 2. The number of allylic oxidation sites excluding steroid dienone is 1. The van der Waals surface area contributed by atoms with E-state index >= 15 is 0 Å². The Balaban J connectivity index is 0.000000318. The number of fused-ring (bicyclic) bond motifs is 1. The molecule has 0 saturated heterocycles. The summed E-state index contributed by atoms with van der Waals surface area (Å²) < 4.78 is 45.9. The lowest BCUT2D eigenvalue weighted by molar-refractivity contribution is -0.119. The lowest BCUT2D eigenvalue weighted by Crippen LogP contribution is -2.31. The van der Waals surface area contributed by atoms with E-state index in [1.807, 2.05) is 0 Å². The Labute approximate surface area is 168 Å². The summed E-state index contributed by atoms with van der Waals surface area (Å²) in [7, 11) is 0. The number of carbonyl (C=O) groups excluding carboxylic acids is 1. The van der Waals surface area contributed by atoms with E-state index in [1.54, 1.807) is 30.5 Å². The normalized spacial score (nSPS) is 13.0. The second-order valence-electron chi connectivity index (χ2n) is 6.30. The predicted molar refractivity (Wildman–Crippen MR) is 101 cm³/mol. The Morgan fingerprint density at radius 1 is 1.20 bits per heavy atom. The molecule has 0 atom stereocenters. The van der Waals surface area contributed by atoms with Crippen LogP contribution in [0.3, 0.4) is 0 Å². The van der Waals surface area contributed by atoms with Gasteiger partial charge in [0.25, 0.3) is 5.91 Å². The Kier molecular flexibility index (Phi) is 5.86. The molecule has 0 spiro atoms. The van der Waals surface area contributed by atoms with Crippen LogP contribution < -0.4 is 5.32 Å². The number of amides is 1. The smallest absolute Gasteiger partial charge is 0.448 e. The molecule has 30 heavy (non-hydrogen) atoms.